The number of aliphatic carboxylic acids is 1. The topological polar surface area (TPSA) is 104 Å². The monoisotopic (exact) mass is 383 g/mol. The third-order valence-corrected chi connectivity index (χ3v) is 8.37. The van der Waals surface area contributed by atoms with Gasteiger partial charge < -0.3 is 21.5 Å². The molecule has 6 unspecified atom stereocenters. The second-order valence-electron chi connectivity index (χ2n) is 8.14. The predicted molar refractivity (Wildman–Crippen MR) is 104 cm³/mol. The van der Waals surface area contributed by atoms with E-state index >= 15 is 0 Å². The quantitative estimate of drug-likeness (QED) is 0.555. The van der Waals surface area contributed by atoms with Gasteiger partial charge in [0.25, 0.3) is 0 Å². The van der Waals surface area contributed by atoms with E-state index in [4.69, 9.17) is 10.8 Å². The molecule has 0 radical (unpaired) electrons. The van der Waals surface area contributed by atoms with E-state index in [0.717, 1.165) is 24.8 Å². The zero-order valence-corrected chi connectivity index (χ0v) is 16.5. The van der Waals surface area contributed by atoms with Crippen LogP contribution in [0.3, 0.4) is 0 Å². The van der Waals surface area contributed by atoms with Crippen molar-refractivity contribution in [3.63, 3.8) is 0 Å². The fourth-order valence-corrected chi connectivity index (χ4v) is 7.09. The van der Waals surface area contributed by atoms with Gasteiger partial charge in [-0.3, -0.25) is 9.59 Å². The van der Waals surface area contributed by atoms with Crippen LogP contribution in [-0.2, 0) is 9.59 Å². The summed E-state index contributed by atoms with van der Waals surface area (Å²) in [5, 5.41) is 15.6. The molecular formula is C19H33N3O3S. The summed E-state index contributed by atoms with van der Waals surface area (Å²) < 4.78 is 0. The van der Waals surface area contributed by atoms with Gasteiger partial charge >= 0.3 is 5.97 Å². The Hall–Kier alpha value is -0.790. The molecule has 0 aromatic carbocycles. The molecule has 0 aromatic heterocycles. The van der Waals surface area contributed by atoms with Gasteiger partial charge in [-0.05, 0) is 43.6 Å². The highest BCUT2D eigenvalue weighted by molar-refractivity contribution is 8.01. The molecule has 3 fully saturated rings. The lowest BCUT2D eigenvalue weighted by atomic mass is 9.67. The fourth-order valence-electron chi connectivity index (χ4n) is 5.25. The molecule has 0 bridgehead atoms. The van der Waals surface area contributed by atoms with Crippen molar-refractivity contribution in [3.05, 3.63) is 0 Å². The van der Waals surface area contributed by atoms with Crippen molar-refractivity contribution < 1.29 is 14.7 Å². The summed E-state index contributed by atoms with van der Waals surface area (Å²) in [6.45, 7) is 3.38. The maximum atomic E-state index is 12.5. The number of nitrogens with two attached hydrogens (primary N) is 1. The SMILES string of the molecule is CCC1CCCCC1C1CCNC2CC(C(=O)NC[C@@H](N)C(=O)O)SC21. The number of carboxylic acid groups (broad SMARTS) is 1. The van der Waals surface area contributed by atoms with Crippen LogP contribution in [0.15, 0.2) is 0 Å². The Kier molecular flexibility index (Phi) is 6.86. The van der Waals surface area contributed by atoms with E-state index in [2.05, 4.69) is 17.6 Å². The number of carboxylic acids is 1. The minimum Gasteiger partial charge on any atom is -0.480 e. The maximum absolute atomic E-state index is 12.5. The van der Waals surface area contributed by atoms with Crippen molar-refractivity contribution in [2.24, 2.45) is 23.5 Å². The lowest BCUT2D eigenvalue weighted by Gasteiger charge is -2.44. The summed E-state index contributed by atoms with van der Waals surface area (Å²) in [7, 11) is 0. The third-order valence-electron chi connectivity index (χ3n) is 6.64. The first-order valence-corrected chi connectivity index (χ1v) is 11.1. The van der Waals surface area contributed by atoms with E-state index in [1.54, 1.807) is 0 Å². The van der Waals surface area contributed by atoms with Crippen LogP contribution in [0, 0.1) is 17.8 Å². The number of carbonyl (C=O) groups excluding carboxylic acids is 1. The molecule has 148 valence electrons. The smallest absolute Gasteiger partial charge is 0.322 e. The number of thioether (sulfide) groups is 1. The average molecular weight is 384 g/mol. The Labute approximate surface area is 160 Å². The zero-order chi connectivity index (χ0) is 18.7. The van der Waals surface area contributed by atoms with Crippen molar-refractivity contribution in [1.29, 1.82) is 0 Å². The second kappa shape index (κ2) is 8.93. The molecule has 7 heteroatoms. The molecule has 7 atom stereocenters. The molecule has 1 amide bonds. The van der Waals surface area contributed by atoms with Gasteiger partial charge in [-0.2, -0.15) is 0 Å². The summed E-state index contributed by atoms with van der Waals surface area (Å²) in [6, 6.07) is -0.631. The largest absolute Gasteiger partial charge is 0.480 e. The van der Waals surface area contributed by atoms with E-state index in [1.165, 1.54) is 38.5 Å². The predicted octanol–water partition coefficient (Wildman–Crippen LogP) is 1.58. The molecule has 2 aliphatic heterocycles. The number of hydrogen-bond donors (Lipinski definition) is 4. The van der Waals surface area contributed by atoms with Crippen LogP contribution >= 0.6 is 11.8 Å². The van der Waals surface area contributed by atoms with Gasteiger partial charge in [-0.25, -0.2) is 0 Å². The van der Waals surface area contributed by atoms with E-state index in [1.807, 2.05) is 11.8 Å². The van der Waals surface area contributed by atoms with Crippen LogP contribution in [0.1, 0.15) is 51.9 Å². The van der Waals surface area contributed by atoms with Crippen LogP contribution in [0.4, 0.5) is 0 Å². The molecule has 26 heavy (non-hydrogen) atoms. The first kappa shape index (κ1) is 20.0. The van der Waals surface area contributed by atoms with Crippen LogP contribution < -0.4 is 16.4 Å². The number of amides is 1. The van der Waals surface area contributed by atoms with Crippen molar-refractivity contribution in [1.82, 2.24) is 10.6 Å². The van der Waals surface area contributed by atoms with E-state index in [-0.39, 0.29) is 17.7 Å². The van der Waals surface area contributed by atoms with Crippen LogP contribution in [-0.4, -0.2) is 52.7 Å². The average Bonchev–Trinajstić information content (AvgIpc) is 3.10. The number of hydrogen-bond acceptors (Lipinski definition) is 5. The van der Waals surface area contributed by atoms with E-state index < -0.39 is 12.0 Å². The van der Waals surface area contributed by atoms with E-state index in [0.29, 0.717) is 17.2 Å². The first-order valence-electron chi connectivity index (χ1n) is 10.2. The number of rotatable bonds is 6. The molecule has 2 saturated heterocycles. The summed E-state index contributed by atoms with van der Waals surface area (Å²) in [5.74, 6) is 1.21. The van der Waals surface area contributed by atoms with E-state index in [9.17, 15) is 9.59 Å². The Morgan fingerprint density at radius 3 is 2.77 bits per heavy atom. The minimum atomic E-state index is -1.08. The van der Waals surface area contributed by atoms with Gasteiger partial charge in [0.05, 0.1) is 5.25 Å². The van der Waals surface area contributed by atoms with Crippen LogP contribution in [0.25, 0.3) is 0 Å². The van der Waals surface area contributed by atoms with Gasteiger partial charge in [-0.15, -0.1) is 11.8 Å². The Morgan fingerprint density at radius 2 is 2.04 bits per heavy atom. The molecular weight excluding hydrogens is 350 g/mol. The fraction of sp³-hybridized carbons (Fsp3) is 0.895. The van der Waals surface area contributed by atoms with Gasteiger partial charge in [-0.1, -0.05) is 32.6 Å². The lowest BCUT2D eigenvalue weighted by molar-refractivity contribution is -0.138. The van der Waals surface area contributed by atoms with Crippen LogP contribution in [0.5, 0.6) is 0 Å². The summed E-state index contributed by atoms with van der Waals surface area (Å²) in [6.07, 6.45) is 8.76. The number of piperidine rings is 1. The van der Waals surface area contributed by atoms with Crippen LogP contribution in [0.2, 0.25) is 0 Å². The highest BCUT2D eigenvalue weighted by Crippen LogP contribution is 2.49. The normalized spacial score (nSPS) is 38.4. The standard InChI is InChI=1S/C19H33N3O3S/c1-2-11-5-3-4-6-12(11)13-7-8-21-15-9-16(26-17(13)15)18(23)22-10-14(20)19(24)25/h11-17,21H,2-10,20H2,1H3,(H,22,23)(H,24,25)/t11?,12?,13?,14-,15?,16?,17?/m1/s1. The summed E-state index contributed by atoms with van der Waals surface area (Å²) in [5.41, 5.74) is 5.50. The molecule has 0 spiro atoms. The highest BCUT2D eigenvalue weighted by Gasteiger charge is 2.47. The molecule has 0 aromatic rings. The molecule has 2 heterocycles. The highest BCUT2D eigenvalue weighted by atomic mass is 32.2. The Bertz CT molecular complexity index is 518. The summed E-state index contributed by atoms with van der Waals surface area (Å²) >= 11 is 1.81. The van der Waals surface area contributed by atoms with Crippen molar-refractivity contribution in [2.75, 3.05) is 13.1 Å². The first-order chi connectivity index (χ1) is 12.5. The van der Waals surface area contributed by atoms with Gasteiger partial charge in [0.1, 0.15) is 6.04 Å². The van der Waals surface area contributed by atoms with Crippen molar-refractivity contribution >= 4 is 23.6 Å². The minimum absolute atomic E-state index is 0.00203. The maximum Gasteiger partial charge on any atom is 0.322 e. The zero-order valence-electron chi connectivity index (χ0n) is 15.7. The number of fused-ring (bicyclic) bond motifs is 1. The number of nitrogens with one attached hydrogen (secondary N) is 2. The van der Waals surface area contributed by atoms with Gasteiger partial charge in [0.15, 0.2) is 0 Å². The molecule has 1 saturated carbocycles. The Balaban J connectivity index is 1.60. The molecule has 6 nitrogen and oxygen atoms in total. The molecule has 3 rings (SSSR count). The third kappa shape index (κ3) is 4.37. The van der Waals surface area contributed by atoms with Crippen molar-refractivity contribution in [2.45, 2.75) is 74.5 Å². The molecule has 3 aliphatic rings. The Morgan fingerprint density at radius 1 is 1.27 bits per heavy atom. The van der Waals surface area contributed by atoms with Gasteiger partial charge in [0.2, 0.25) is 5.91 Å². The lowest BCUT2D eigenvalue weighted by Crippen LogP contribution is -2.49. The molecule has 1 aliphatic carbocycles. The van der Waals surface area contributed by atoms with Crippen molar-refractivity contribution in [3.8, 4) is 0 Å². The molecule has 5 N–H and O–H groups in total. The second-order valence-corrected chi connectivity index (χ2v) is 9.53. The summed E-state index contributed by atoms with van der Waals surface area (Å²) in [4.78, 5) is 23.3. The van der Waals surface area contributed by atoms with Gasteiger partial charge in [0, 0.05) is 17.8 Å². The number of carbonyl (C=O) groups is 2.